The third kappa shape index (κ3) is 3.96. The van der Waals surface area contributed by atoms with E-state index < -0.39 is 0 Å². The summed E-state index contributed by atoms with van der Waals surface area (Å²) in [6.45, 7) is 2.02. The van der Waals surface area contributed by atoms with Crippen LogP contribution in [0.1, 0.15) is 29.3 Å². The van der Waals surface area contributed by atoms with Gasteiger partial charge in [-0.15, -0.1) is 11.3 Å². The van der Waals surface area contributed by atoms with Crippen LogP contribution in [-0.2, 0) is 9.59 Å². The number of amides is 2. The molecule has 3 aromatic rings. The first-order valence-corrected chi connectivity index (χ1v) is 10.8. The predicted molar refractivity (Wildman–Crippen MR) is 120 cm³/mol. The second-order valence-corrected chi connectivity index (χ2v) is 8.37. The van der Waals surface area contributed by atoms with Crippen molar-refractivity contribution in [2.75, 3.05) is 17.3 Å². The van der Waals surface area contributed by atoms with Crippen molar-refractivity contribution in [3.63, 3.8) is 0 Å². The Morgan fingerprint density at radius 3 is 2.57 bits per heavy atom. The molecule has 0 radical (unpaired) electrons. The van der Waals surface area contributed by atoms with Gasteiger partial charge in [-0.05, 0) is 49.1 Å². The number of carbonyl (C=O) groups is 2. The Balaban J connectivity index is 1.70. The molecule has 5 nitrogen and oxygen atoms in total. The van der Waals surface area contributed by atoms with Crippen molar-refractivity contribution in [2.24, 2.45) is 5.92 Å². The van der Waals surface area contributed by atoms with Gasteiger partial charge in [-0.2, -0.15) is 0 Å². The Bertz CT molecular complexity index is 1030. The number of hydrogen-bond acceptors (Lipinski definition) is 4. The van der Waals surface area contributed by atoms with Crippen LogP contribution in [0.2, 0.25) is 0 Å². The lowest BCUT2D eigenvalue weighted by Gasteiger charge is -2.40. The second kappa shape index (κ2) is 8.71. The van der Waals surface area contributed by atoms with Crippen molar-refractivity contribution in [1.82, 2.24) is 0 Å². The van der Waals surface area contributed by atoms with Gasteiger partial charge >= 0.3 is 0 Å². The highest BCUT2D eigenvalue weighted by Gasteiger charge is 2.42. The van der Waals surface area contributed by atoms with Crippen molar-refractivity contribution in [3.8, 4) is 5.75 Å². The standard InChI is InChI=1S/C24H24N2O3S/c1-16-9-11-17(12-10-16)26-22(27)14-13-18(23(26)21-8-5-15-30-21)24(28)25-19-6-3-4-7-20(19)29-2/h3-12,15,18,23H,13-14H2,1-2H3,(H,25,28)/t18-,23+/m0/s1. The summed E-state index contributed by atoms with van der Waals surface area (Å²) in [6, 6.07) is 18.9. The summed E-state index contributed by atoms with van der Waals surface area (Å²) in [5.41, 5.74) is 2.58. The highest BCUT2D eigenvalue weighted by Crippen LogP contribution is 2.42. The van der Waals surface area contributed by atoms with Gasteiger partial charge in [0.05, 0.1) is 24.8 Å². The molecule has 1 aliphatic rings. The van der Waals surface area contributed by atoms with E-state index >= 15 is 0 Å². The molecule has 1 fully saturated rings. The Labute approximate surface area is 180 Å². The van der Waals surface area contributed by atoms with Gasteiger partial charge < -0.3 is 15.0 Å². The molecule has 1 aliphatic heterocycles. The number of para-hydroxylation sites is 2. The number of nitrogens with one attached hydrogen (secondary N) is 1. The fourth-order valence-electron chi connectivity index (χ4n) is 3.94. The van der Waals surface area contributed by atoms with E-state index in [0.717, 1.165) is 16.1 Å². The average Bonchev–Trinajstić information content (AvgIpc) is 3.29. The first-order valence-electron chi connectivity index (χ1n) is 9.94. The van der Waals surface area contributed by atoms with Gasteiger partial charge in [-0.25, -0.2) is 0 Å². The van der Waals surface area contributed by atoms with E-state index in [2.05, 4.69) is 5.32 Å². The maximum Gasteiger partial charge on any atom is 0.230 e. The van der Waals surface area contributed by atoms with Crippen molar-refractivity contribution in [2.45, 2.75) is 25.8 Å². The molecule has 0 bridgehead atoms. The summed E-state index contributed by atoms with van der Waals surface area (Å²) in [5.74, 6) is 0.175. The lowest BCUT2D eigenvalue weighted by molar-refractivity contribution is -0.125. The Hall–Kier alpha value is -3.12. The predicted octanol–water partition coefficient (Wildman–Crippen LogP) is 5.19. The smallest absolute Gasteiger partial charge is 0.230 e. The molecule has 1 aromatic heterocycles. The number of methoxy groups -OCH3 is 1. The molecular weight excluding hydrogens is 396 g/mol. The first-order chi connectivity index (χ1) is 14.6. The van der Waals surface area contributed by atoms with Crippen LogP contribution in [0.4, 0.5) is 11.4 Å². The molecule has 1 N–H and O–H groups in total. The average molecular weight is 421 g/mol. The van der Waals surface area contributed by atoms with Crippen molar-refractivity contribution in [1.29, 1.82) is 0 Å². The van der Waals surface area contributed by atoms with Gasteiger partial charge in [-0.3, -0.25) is 9.59 Å². The first kappa shape index (κ1) is 20.2. The Morgan fingerprint density at radius 2 is 1.87 bits per heavy atom. The van der Waals surface area contributed by atoms with Gasteiger partial charge in [-0.1, -0.05) is 35.9 Å². The summed E-state index contributed by atoms with van der Waals surface area (Å²) >= 11 is 1.57. The van der Waals surface area contributed by atoms with Crippen molar-refractivity contribution >= 4 is 34.5 Å². The maximum atomic E-state index is 13.4. The van der Waals surface area contributed by atoms with Crippen molar-refractivity contribution < 1.29 is 14.3 Å². The van der Waals surface area contributed by atoms with Gasteiger partial charge in [0.15, 0.2) is 0 Å². The van der Waals surface area contributed by atoms with Gasteiger partial charge in [0.1, 0.15) is 5.75 Å². The number of nitrogens with zero attached hydrogens (tertiary/aromatic N) is 1. The minimum absolute atomic E-state index is 0.0404. The van der Waals surface area contributed by atoms with Crippen LogP contribution in [0.3, 0.4) is 0 Å². The topological polar surface area (TPSA) is 58.6 Å². The van der Waals surface area contributed by atoms with E-state index in [1.807, 2.05) is 73.0 Å². The summed E-state index contributed by atoms with van der Waals surface area (Å²) in [6.07, 6.45) is 0.838. The molecule has 0 saturated carbocycles. The number of ether oxygens (including phenoxy) is 1. The number of anilines is 2. The van der Waals surface area contributed by atoms with Gasteiger partial charge in [0.2, 0.25) is 11.8 Å². The molecule has 0 unspecified atom stereocenters. The lowest BCUT2D eigenvalue weighted by atomic mass is 9.86. The molecule has 154 valence electrons. The lowest BCUT2D eigenvalue weighted by Crippen LogP contribution is -2.46. The molecule has 2 amide bonds. The molecule has 2 heterocycles. The maximum absolute atomic E-state index is 13.4. The van der Waals surface area contributed by atoms with Gasteiger partial charge in [0, 0.05) is 17.0 Å². The number of carbonyl (C=O) groups excluding carboxylic acids is 2. The minimum atomic E-state index is -0.368. The molecule has 0 aliphatic carbocycles. The van der Waals surface area contributed by atoms with E-state index in [0.29, 0.717) is 24.3 Å². The third-order valence-electron chi connectivity index (χ3n) is 5.45. The number of piperidine rings is 1. The second-order valence-electron chi connectivity index (χ2n) is 7.39. The highest BCUT2D eigenvalue weighted by molar-refractivity contribution is 7.10. The zero-order valence-electron chi connectivity index (χ0n) is 17.0. The zero-order valence-corrected chi connectivity index (χ0v) is 17.8. The Morgan fingerprint density at radius 1 is 1.10 bits per heavy atom. The molecule has 6 heteroatoms. The number of aryl methyl sites for hydroxylation is 1. The Kier molecular flexibility index (Phi) is 5.86. The number of rotatable bonds is 5. The molecule has 30 heavy (non-hydrogen) atoms. The largest absolute Gasteiger partial charge is 0.495 e. The highest BCUT2D eigenvalue weighted by atomic mass is 32.1. The zero-order chi connectivity index (χ0) is 21.1. The molecule has 2 aromatic carbocycles. The molecule has 4 rings (SSSR count). The van der Waals surface area contributed by atoms with Crippen LogP contribution in [0.25, 0.3) is 0 Å². The van der Waals surface area contributed by atoms with E-state index in [-0.39, 0.29) is 23.8 Å². The van der Waals surface area contributed by atoms with Crippen LogP contribution in [0.5, 0.6) is 5.75 Å². The fourth-order valence-corrected chi connectivity index (χ4v) is 4.82. The monoisotopic (exact) mass is 420 g/mol. The van der Waals surface area contributed by atoms with E-state index in [9.17, 15) is 9.59 Å². The molecule has 1 saturated heterocycles. The number of benzene rings is 2. The van der Waals surface area contributed by atoms with E-state index in [1.165, 1.54) is 0 Å². The van der Waals surface area contributed by atoms with E-state index in [4.69, 9.17) is 4.74 Å². The SMILES string of the molecule is COc1ccccc1NC(=O)[C@H]1CCC(=O)N(c2ccc(C)cc2)[C@H]1c1cccs1. The van der Waals surface area contributed by atoms with Crippen LogP contribution in [-0.4, -0.2) is 18.9 Å². The normalized spacial score (nSPS) is 18.9. The van der Waals surface area contributed by atoms with Crippen LogP contribution in [0.15, 0.2) is 66.0 Å². The van der Waals surface area contributed by atoms with Crippen molar-refractivity contribution in [3.05, 3.63) is 76.5 Å². The molecular formula is C24H24N2O3S. The molecule has 2 atom stereocenters. The summed E-state index contributed by atoms with van der Waals surface area (Å²) in [4.78, 5) is 29.2. The number of thiophene rings is 1. The fraction of sp³-hybridized carbons (Fsp3) is 0.250. The summed E-state index contributed by atoms with van der Waals surface area (Å²) < 4.78 is 5.37. The summed E-state index contributed by atoms with van der Waals surface area (Å²) in [5, 5.41) is 5.00. The van der Waals surface area contributed by atoms with Crippen LogP contribution in [0, 0.1) is 12.8 Å². The molecule has 0 spiro atoms. The number of hydrogen-bond donors (Lipinski definition) is 1. The van der Waals surface area contributed by atoms with Crippen LogP contribution >= 0.6 is 11.3 Å². The minimum Gasteiger partial charge on any atom is -0.495 e. The van der Waals surface area contributed by atoms with Gasteiger partial charge in [0.25, 0.3) is 0 Å². The quantitative estimate of drug-likeness (QED) is 0.618. The van der Waals surface area contributed by atoms with E-state index in [1.54, 1.807) is 23.3 Å². The van der Waals surface area contributed by atoms with Crippen LogP contribution < -0.4 is 15.0 Å². The summed E-state index contributed by atoms with van der Waals surface area (Å²) in [7, 11) is 1.58. The third-order valence-corrected chi connectivity index (χ3v) is 6.39.